The lowest BCUT2D eigenvalue weighted by Crippen LogP contribution is -2.32. The zero-order chi connectivity index (χ0) is 17.8. The van der Waals surface area contributed by atoms with E-state index in [2.05, 4.69) is 21.1 Å². The summed E-state index contributed by atoms with van der Waals surface area (Å²) in [4.78, 5) is 6.49. The predicted octanol–water partition coefficient (Wildman–Crippen LogP) is 1.85. The van der Waals surface area contributed by atoms with Crippen molar-refractivity contribution in [2.24, 2.45) is 0 Å². The van der Waals surface area contributed by atoms with Gasteiger partial charge in [0.05, 0.1) is 19.3 Å². The Kier molecular flexibility index (Phi) is 5.67. The number of likely N-dealkylation sites (tertiary alicyclic amines) is 1. The van der Waals surface area contributed by atoms with Crippen LogP contribution >= 0.6 is 0 Å². The van der Waals surface area contributed by atoms with E-state index in [4.69, 9.17) is 14.0 Å². The summed E-state index contributed by atoms with van der Waals surface area (Å²) in [6, 6.07) is 6.12. The lowest BCUT2D eigenvalue weighted by molar-refractivity contribution is 0.104. The summed E-state index contributed by atoms with van der Waals surface area (Å²) in [6.07, 6.45) is 0.941. The van der Waals surface area contributed by atoms with Crippen LogP contribution in [0.25, 0.3) is 0 Å². The molecule has 7 nitrogen and oxygen atoms in total. The van der Waals surface area contributed by atoms with Crippen LogP contribution < -0.4 is 4.74 Å². The summed E-state index contributed by atoms with van der Waals surface area (Å²) in [5.41, 5.74) is 2.31. The molecule has 7 heteroatoms. The van der Waals surface area contributed by atoms with Gasteiger partial charge in [0.2, 0.25) is 11.7 Å². The number of ether oxygens (including phenoxy) is 2. The molecule has 1 aromatic heterocycles. The molecule has 1 fully saturated rings. The number of hydrogen-bond acceptors (Lipinski definition) is 7. The molecule has 1 aromatic carbocycles. The summed E-state index contributed by atoms with van der Waals surface area (Å²) in [7, 11) is 1.69. The number of hydrogen-bond donors (Lipinski definition) is 1. The summed E-state index contributed by atoms with van der Waals surface area (Å²) >= 11 is 0. The predicted molar refractivity (Wildman–Crippen MR) is 91.2 cm³/mol. The molecule has 0 amide bonds. The molecule has 0 unspecified atom stereocenters. The zero-order valence-corrected chi connectivity index (χ0v) is 14.9. The molecule has 1 N–H and O–H groups in total. The van der Waals surface area contributed by atoms with Crippen molar-refractivity contribution in [1.29, 1.82) is 0 Å². The molecule has 2 atom stereocenters. The summed E-state index contributed by atoms with van der Waals surface area (Å²) in [5, 5.41) is 13.5. The van der Waals surface area contributed by atoms with Gasteiger partial charge in [0, 0.05) is 19.7 Å². The van der Waals surface area contributed by atoms with E-state index in [1.807, 2.05) is 26.0 Å². The number of benzene rings is 1. The van der Waals surface area contributed by atoms with Gasteiger partial charge in [-0.25, -0.2) is 0 Å². The summed E-state index contributed by atoms with van der Waals surface area (Å²) < 4.78 is 16.5. The first-order valence-corrected chi connectivity index (χ1v) is 8.47. The topological polar surface area (TPSA) is 80.9 Å². The maximum Gasteiger partial charge on any atom is 0.240 e. The summed E-state index contributed by atoms with van der Waals surface area (Å²) in [5.74, 6) is 1.83. The van der Waals surface area contributed by atoms with Gasteiger partial charge in [0.15, 0.2) is 6.61 Å². The third kappa shape index (κ3) is 4.56. The maximum atomic E-state index is 9.50. The van der Waals surface area contributed by atoms with Gasteiger partial charge in [0.1, 0.15) is 5.75 Å². The van der Waals surface area contributed by atoms with Crippen LogP contribution in [-0.4, -0.2) is 52.6 Å². The Morgan fingerprint density at radius 1 is 1.28 bits per heavy atom. The number of aliphatic hydroxyl groups excluding tert-OH is 1. The van der Waals surface area contributed by atoms with Crippen molar-refractivity contribution in [2.45, 2.75) is 45.6 Å². The molecule has 3 rings (SSSR count). The van der Waals surface area contributed by atoms with Crippen LogP contribution in [-0.2, 0) is 17.9 Å². The number of nitrogens with zero attached hydrogens (tertiary/aromatic N) is 3. The van der Waals surface area contributed by atoms with Gasteiger partial charge >= 0.3 is 0 Å². The highest BCUT2D eigenvalue weighted by molar-refractivity contribution is 5.33. The van der Waals surface area contributed by atoms with Crippen molar-refractivity contribution in [1.82, 2.24) is 15.0 Å². The number of rotatable bonds is 7. The van der Waals surface area contributed by atoms with Gasteiger partial charge in [-0.3, -0.25) is 4.90 Å². The molecule has 0 radical (unpaired) electrons. The van der Waals surface area contributed by atoms with Gasteiger partial charge in [-0.2, -0.15) is 4.98 Å². The fraction of sp³-hybridized carbons (Fsp3) is 0.556. The van der Waals surface area contributed by atoms with E-state index in [-0.39, 0.29) is 25.4 Å². The highest BCUT2D eigenvalue weighted by Gasteiger charge is 2.32. The average molecular weight is 347 g/mol. The first-order chi connectivity index (χ1) is 12.1. The van der Waals surface area contributed by atoms with Gasteiger partial charge in [-0.05, 0) is 43.5 Å². The van der Waals surface area contributed by atoms with Crippen LogP contribution in [0.2, 0.25) is 0 Å². The molecule has 2 heterocycles. The molecule has 25 heavy (non-hydrogen) atoms. The second-order valence-corrected chi connectivity index (χ2v) is 6.58. The lowest BCUT2D eigenvalue weighted by Gasteiger charge is -2.19. The molecule has 0 saturated carbocycles. The van der Waals surface area contributed by atoms with E-state index in [0.717, 1.165) is 29.8 Å². The van der Waals surface area contributed by atoms with Crippen molar-refractivity contribution >= 4 is 0 Å². The van der Waals surface area contributed by atoms with Crippen LogP contribution in [0.4, 0.5) is 0 Å². The van der Waals surface area contributed by atoms with Gasteiger partial charge in [-0.1, -0.05) is 11.2 Å². The van der Waals surface area contributed by atoms with Crippen molar-refractivity contribution < 1.29 is 19.1 Å². The van der Waals surface area contributed by atoms with Crippen molar-refractivity contribution in [3.63, 3.8) is 0 Å². The second kappa shape index (κ2) is 7.95. The van der Waals surface area contributed by atoms with E-state index in [0.29, 0.717) is 18.3 Å². The third-order valence-corrected chi connectivity index (χ3v) is 4.45. The van der Waals surface area contributed by atoms with Crippen molar-refractivity contribution in [2.75, 3.05) is 20.3 Å². The number of methoxy groups -OCH3 is 1. The number of aromatic nitrogens is 2. The molecular weight excluding hydrogens is 322 g/mol. The van der Waals surface area contributed by atoms with Crippen LogP contribution in [0.5, 0.6) is 5.75 Å². The van der Waals surface area contributed by atoms with Crippen molar-refractivity contribution in [3.8, 4) is 5.75 Å². The van der Waals surface area contributed by atoms with Crippen LogP contribution in [0.1, 0.15) is 29.3 Å². The maximum absolute atomic E-state index is 9.50. The lowest BCUT2D eigenvalue weighted by atomic mass is 10.1. The fourth-order valence-electron chi connectivity index (χ4n) is 3.24. The minimum absolute atomic E-state index is 0.0619. The second-order valence-electron chi connectivity index (χ2n) is 6.58. The summed E-state index contributed by atoms with van der Waals surface area (Å²) in [6.45, 7) is 5.67. The first-order valence-electron chi connectivity index (χ1n) is 8.47. The number of aryl methyl sites for hydroxylation is 2. The van der Waals surface area contributed by atoms with Crippen molar-refractivity contribution in [3.05, 3.63) is 41.0 Å². The van der Waals surface area contributed by atoms with Gasteiger partial charge < -0.3 is 19.1 Å². The van der Waals surface area contributed by atoms with E-state index in [9.17, 15) is 5.11 Å². The van der Waals surface area contributed by atoms with Gasteiger partial charge in [0.25, 0.3) is 0 Å². The molecule has 0 bridgehead atoms. The Morgan fingerprint density at radius 2 is 2.04 bits per heavy atom. The fourth-order valence-corrected chi connectivity index (χ4v) is 3.24. The average Bonchev–Trinajstić information content (AvgIpc) is 3.19. The largest absolute Gasteiger partial charge is 0.485 e. The van der Waals surface area contributed by atoms with E-state index >= 15 is 0 Å². The number of aliphatic hydroxyl groups is 1. The quantitative estimate of drug-likeness (QED) is 0.818. The Labute approximate surface area is 147 Å². The Morgan fingerprint density at radius 3 is 2.72 bits per heavy atom. The highest BCUT2D eigenvalue weighted by Crippen LogP contribution is 2.22. The highest BCUT2D eigenvalue weighted by atomic mass is 16.5. The van der Waals surface area contributed by atoms with Crippen LogP contribution in [0.3, 0.4) is 0 Å². The van der Waals surface area contributed by atoms with Crippen LogP contribution in [0.15, 0.2) is 22.7 Å². The molecule has 1 aliphatic rings. The molecule has 2 aromatic rings. The molecule has 0 spiro atoms. The van der Waals surface area contributed by atoms with E-state index in [1.165, 1.54) is 0 Å². The SMILES string of the molecule is CO[C@@H]1C[C@@H](CO)N(Cc2nc(COc3cc(C)cc(C)c3)no2)C1. The third-order valence-electron chi connectivity index (χ3n) is 4.45. The Balaban J connectivity index is 1.57. The Hall–Kier alpha value is -1.96. The molecule has 0 aliphatic carbocycles. The minimum Gasteiger partial charge on any atom is -0.485 e. The molecular formula is C18H25N3O4. The zero-order valence-electron chi connectivity index (χ0n) is 14.9. The molecule has 1 saturated heterocycles. The standard InChI is InChI=1S/C18H25N3O4/c1-12-4-13(2)6-15(5-12)24-11-17-19-18(25-20-17)9-21-8-16(23-3)7-14(21)10-22/h4-6,14,16,22H,7-11H2,1-3H3/t14-,16+/m0/s1. The van der Waals surface area contributed by atoms with Gasteiger partial charge in [-0.15, -0.1) is 0 Å². The first kappa shape index (κ1) is 17.8. The van der Waals surface area contributed by atoms with Crippen LogP contribution in [0, 0.1) is 13.8 Å². The smallest absolute Gasteiger partial charge is 0.240 e. The van der Waals surface area contributed by atoms with E-state index in [1.54, 1.807) is 7.11 Å². The Bertz CT molecular complexity index is 683. The monoisotopic (exact) mass is 347 g/mol. The minimum atomic E-state index is 0.0619. The molecule has 1 aliphatic heterocycles. The molecule has 136 valence electrons. The van der Waals surface area contributed by atoms with E-state index < -0.39 is 0 Å². The normalized spacial score (nSPS) is 21.0.